The van der Waals surface area contributed by atoms with Crippen molar-refractivity contribution in [1.82, 2.24) is 14.7 Å². The lowest BCUT2D eigenvalue weighted by Gasteiger charge is -2.13. The molecular formula is C19H20ClN3O. The van der Waals surface area contributed by atoms with Crippen LogP contribution in [-0.2, 0) is 13.0 Å². The van der Waals surface area contributed by atoms with E-state index in [4.69, 9.17) is 16.6 Å². The molecule has 0 saturated heterocycles. The zero-order valence-corrected chi connectivity index (χ0v) is 14.5. The van der Waals surface area contributed by atoms with E-state index < -0.39 is 0 Å². The van der Waals surface area contributed by atoms with Gasteiger partial charge in [-0.3, -0.25) is 9.20 Å². The third kappa shape index (κ3) is 3.66. The van der Waals surface area contributed by atoms with E-state index in [1.807, 2.05) is 42.5 Å². The van der Waals surface area contributed by atoms with Crippen molar-refractivity contribution in [3.63, 3.8) is 0 Å². The van der Waals surface area contributed by atoms with E-state index in [-0.39, 0.29) is 5.56 Å². The SMILES string of the molecule is CC(C)NCc1c(Cc2cccc(Cl)c2)nc2ccccn2c1=O. The molecule has 24 heavy (non-hydrogen) atoms. The van der Waals surface area contributed by atoms with E-state index in [0.717, 1.165) is 11.3 Å². The van der Waals surface area contributed by atoms with E-state index in [1.54, 1.807) is 10.6 Å². The van der Waals surface area contributed by atoms with Crippen molar-refractivity contribution in [2.45, 2.75) is 32.9 Å². The maximum absolute atomic E-state index is 12.9. The Morgan fingerprint density at radius 1 is 1.21 bits per heavy atom. The Morgan fingerprint density at radius 2 is 2.04 bits per heavy atom. The lowest BCUT2D eigenvalue weighted by molar-refractivity contribution is 0.581. The Hall–Kier alpha value is -2.17. The van der Waals surface area contributed by atoms with E-state index in [9.17, 15) is 4.79 Å². The van der Waals surface area contributed by atoms with E-state index >= 15 is 0 Å². The summed E-state index contributed by atoms with van der Waals surface area (Å²) in [7, 11) is 0. The Bertz CT molecular complexity index is 918. The van der Waals surface area contributed by atoms with E-state index in [1.165, 1.54) is 0 Å². The number of halogens is 1. The molecule has 0 atom stereocenters. The fraction of sp³-hybridized carbons (Fsp3) is 0.263. The smallest absolute Gasteiger partial charge is 0.262 e. The number of hydrogen-bond acceptors (Lipinski definition) is 3. The zero-order chi connectivity index (χ0) is 17.1. The Labute approximate surface area is 146 Å². The number of rotatable bonds is 5. The molecule has 0 amide bonds. The fourth-order valence-corrected chi connectivity index (χ4v) is 2.85. The van der Waals surface area contributed by atoms with Gasteiger partial charge < -0.3 is 5.32 Å². The summed E-state index contributed by atoms with van der Waals surface area (Å²) in [6, 6.07) is 13.5. The molecule has 2 heterocycles. The van der Waals surface area contributed by atoms with Crippen molar-refractivity contribution in [3.05, 3.63) is 80.9 Å². The second-order valence-corrected chi connectivity index (χ2v) is 6.55. The Kier molecular flexibility index (Phi) is 4.97. The number of aromatic nitrogens is 2. The van der Waals surface area contributed by atoms with Crippen LogP contribution in [0.15, 0.2) is 53.5 Å². The lowest BCUT2D eigenvalue weighted by Crippen LogP contribution is -2.30. The Balaban J connectivity index is 2.09. The van der Waals surface area contributed by atoms with Crippen LogP contribution in [0.5, 0.6) is 0 Å². The number of fused-ring (bicyclic) bond motifs is 1. The van der Waals surface area contributed by atoms with Crippen molar-refractivity contribution in [2.75, 3.05) is 0 Å². The third-order valence-corrected chi connectivity index (χ3v) is 4.10. The van der Waals surface area contributed by atoms with Gasteiger partial charge in [0.05, 0.1) is 11.3 Å². The highest BCUT2D eigenvalue weighted by molar-refractivity contribution is 6.30. The average molecular weight is 342 g/mol. The Morgan fingerprint density at radius 3 is 2.79 bits per heavy atom. The molecule has 2 aromatic heterocycles. The summed E-state index contributed by atoms with van der Waals surface area (Å²) < 4.78 is 1.60. The molecule has 3 rings (SSSR count). The minimum Gasteiger partial charge on any atom is -0.310 e. The molecule has 0 unspecified atom stereocenters. The average Bonchev–Trinajstić information content (AvgIpc) is 2.54. The van der Waals surface area contributed by atoms with Crippen molar-refractivity contribution < 1.29 is 0 Å². The molecule has 0 aliphatic rings. The van der Waals surface area contributed by atoms with Gasteiger partial charge in [-0.25, -0.2) is 4.98 Å². The third-order valence-electron chi connectivity index (χ3n) is 3.86. The lowest BCUT2D eigenvalue weighted by atomic mass is 10.1. The van der Waals surface area contributed by atoms with E-state index in [2.05, 4.69) is 19.2 Å². The summed E-state index contributed by atoms with van der Waals surface area (Å²) >= 11 is 6.08. The molecular weight excluding hydrogens is 322 g/mol. The summed E-state index contributed by atoms with van der Waals surface area (Å²) in [4.78, 5) is 17.6. The summed E-state index contributed by atoms with van der Waals surface area (Å²) in [5.74, 6) is 0. The molecule has 0 bridgehead atoms. The van der Waals surface area contributed by atoms with Crippen LogP contribution in [0.2, 0.25) is 5.02 Å². The van der Waals surface area contributed by atoms with Gasteiger partial charge >= 0.3 is 0 Å². The maximum Gasteiger partial charge on any atom is 0.262 e. The monoisotopic (exact) mass is 341 g/mol. The normalized spacial score (nSPS) is 11.3. The molecule has 3 aromatic rings. The maximum atomic E-state index is 12.9. The van der Waals surface area contributed by atoms with Crippen LogP contribution in [0.4, 0.5) is 0 Å². The van der Waals surface area contributed by atoms with Crippen molar-refractivity contribution in [1.29, 1.82) is 0 Å². The number of nitrogens with one attached hydrogen (secondary N) is 1. The number of pyridine rings is 1. The highest BCUT2D eigenvalue weighted by atomic mass is 35.5. The summed E-state index contributed by atoms with van der Waals surface area (Å²) in [6.07, 6.45) is 2.34. The first kappa shape index (κ1) is 16.7. The van der Waals surface area contributed by atoms with Crippen LogP contribution in [0, 0.1) is 0 Å². The fourth-order valence-electron chi connectivity index (χ4n) is 2.64. The second-order valence-electron chi connectivity index (χ2n) is 6.11. The molecule has 4 nitrogen and oxygen atoms in total. The molecule has 0 saturated carbocycles. The van der Waals surface area contributed by atoms with Gasteiger partial charge in [0.2, 0.25) is 0 Å². The van der Waals surface area contributed by atoms with Gasteiger partial charge in [-0.2, -0.15) is 0 Å². The number of nitrogens with zero attached hydrogens (tertiary/aromatic N) is 2. The minimum atomic E-state index is -0.0224. The molecule has 124 valence electrons. The highest BCUT2D eigenvalue weighted by Gasteiger charge is 2.13. The van der Waals surface area contributed by atoms with Gasteiger partial charge in [-0.15, -0.1) is 0 Å². The molecule has 1 aromatic carbocycles. The van der Waals surface area contributed by atoms with Gasteiger partial charge in [0.1, 0.15) is 5.65 Å². The van der Waals surface area contributed by atoms with Gasteiger partial charge in [0.15, 0.2) is 0 Å². The van der Waals surface area contributed by atoms with Crippen molar-refractivity contribution in [2.24, 2.45) is 0 Å². The summed E-state index contributed by atoms with van der Waals surface area (Å²) in [5, 5.41) is 4.01. The molecule has 1 N–H and O–H groups in total. The first-order chi connectivity index (χ1) is 11.5. The van der Waals surface area contributed by atoms with E-state index in [0.29, 0.717) is 35.2 Å². The van der Waals surface area contributed by atoms with Gasteiger partial charge in [-0.1, -0.05) is 43.6 Å². The van der Waals surface area contributed by atoms with Crippen LogP contribution in [0.25, 0.3) is 5.65 Å². The minimum absolute atomic E-state index is 0.0224. The van der Waals surface area contributed by atoms with Gasteiger partial charge in [0.25, 0.3) is 5.56 Å². The molecule has 0 spiro atoms. The molecule has 0 aliphatic heterocycles. The summed E-state index contributed by atoms with van der Waals surface area (Å²) in [6.45, 7) is 4.61. The number of hydrogen-bond donors (Lipinski definition) is 1. The first-order valence-corrected chi connectivity index (χ1v) is 8.39. The van der Waals surface area contributed by atoms with Gasteiger partial charge in [-0.05, 0) is 29.8 Å². The molecule has 0 aliphatic carbocycles. The topological polar surface area (TPSA) is 46.4 Å². The standard InChI is InChI=1S/C19H20ClN3O/c1-13(2)21-12-16-17(11-14-6-5-7-15(20)10-14)22-18-8-3-4-9-23(18)19(16)24/h3-10,13,21H,11-12H2,1-2H3. The van der Waals surface area contributed by atoms with Crippen LogP contribution in [0.1, 0.15) is 30.7 Å². The zero-order valence-electron chi connectivity index (χ0n) is 13.8. The summed E-state index contributed by atoms with van der Waals surface area (Å²) in [5.41, 5.74) is 3.17. The van der Waals surface area contributed by atoms with Crippen LogP contribution in [-0.4, -0.2) is 15.4 Å². The quantitative estimate of drug-likeness (QED) is 0.773. The second kappa shape index (κ2) is 7.16. The largest absolute Gasteiger partial charge is 0.310 e. The number of benzene rings is 1. The van der Waals surface area contributed by atoms with Crippen LogP contribution in [0.3, 0.4) is 0 Å². The van der Waals surface area contributed by atoms with Crippen LogP contribution < -0.4 is 10.9 Å². The van der Waals surface area contributed by atoms with Crippen molar-refractivity contribution in [3.8, 4) is 0 Å². The predicted octanol–water partition coefficient (Wildman–Crippen LogP) is 3.44. The van der Waals surface area contributed by atoms with Gasteiger partial charge in [0, 0.05) is 30.2 Å². The van der Waals surface area contributed by atoms with Crippen LogP contribution >= 0.6 is 11.6 Å². The predicted molar refractivity (Wildman–Crippen MR) is 97.7 cm³/mol. The van der Waals surface area contributed by atoms with Crippen molar-refractivity contribution >= 4 is 17.2 Å². The molecule has 5 heteroatoms. The first-order valence-electron chi connectivity index (χ1n) is 8.01. The highest BCUT2D eigenvalue weighted by Crippen LogP contribution is 2.16. The molecule has 0 fully saturated rings. The molecule has 0 radical (unpaired) electrons.